The molecule has 0 amide bonds. The Kier molecular flexibility index (Phi) is 22.2. The van der Waals surface area contributed by atoms with Crippen LogP contribution in [0.2, 0.25) is 0 Å². The van der Waals surface area contributed by atoms with Crippen LogP contribution in [0.1, 0.15) is 76.2 Å². The Labute approximate surface area is 392 Å². The van der Waals surface area contributed by atoms with Crippen molar-refractivity contribution in [3.8, 4) is 0 Å². The molecule has 0 aromatic carbocycles. The van der Waals surface area contributed by atoms with Crippen molar-refractivity contribution in [3.05, 3.63) is 6.61 Å². The average Bonchev–Trinajstić information content (AvgIpc) is 3.24. The summed E-state index contributed by atoms with van der Waals surface area (Å²) in [6.45, 7) is 27.5. The fraction of sp³-hybridized carbons (Fsp3) is 0.956. The number of carbonyl (C=O) groups excluding carboxylic acids is 2. The van der Waals surface area contributed by atoms with Gasteiger partial charge in [0.05, 0.1) is 63.6 Å². The summed E-state index contributed by atoms with van der Waals surface area (Å²) in [5.41, 5.74) is 0. The van der Waals surface area contributed by atoms with Gasteiger partial charge in [-0.05, 0) is 23.7 Å². The van der Waals surface area contributed by atoms with Gasteiger partial charge in [-0.25, -0.2) is 6.61 Å². The van der Waals surface area contributed by atoms with Crippen molar-refractivity contribution < 1.29 is 106 Å². The summed E-state index contributed by atoms with van der Waals surface area (Å²) in [6.07, 6.45) is -3.70. The number of aliphatic hydroxyl groups is 1. The van der Waals surface area contributed by atoms with Crippen LogP contribution in [-0.2, 0) is 71.2 Å². The number of ether oxygens (including phenoxy) is 13. The number of hydrogen-bond donors (Lipinski definition) is 1. The van der Waals surface area contributed by atoms with Gasteiger partial charge >= 0.3 is 35.7 Å². The molecule has 16 nitrogen and oxygen atoms in total. The monoisotopic (exact) mass is 897 g/mol. The average molecular weight is 897 g/mol. The predicted octanol–water partition coefficient (Wildman–Crippen LogP) is 1.90. The molecule has 6 rings (SSSR count). The third kappa shape index (κ3) is 12.7. The molecule has 24 unspecified atom stereocenters. The first-order valence-electron chi connectivity index (χ1n) is 22.6. The Morgan fingerprint density at radius 3 is 1.21 bits per heavy atom. The van der Waals surface area contributed by atoms with Gasteiger partial charge in [0.15, 0.2) is 31.5 Å². The molecule has 0 radical (unpaired) electrons. The summed E-state index contributed by atoms with van der Waals surface area (Å²) >= 11 is 0. The second-order valence-electron chi connectivity index (χ2n) is 18.8. The molecule has 24 atom stereocenters. The Balaban J connectivity index is 0.00000205. The molecular weight excluding hydrogens is 819 g/mol. The third-order valence-electron chi connectivity index (χ3n) is 15.5. The standard InChI is InChI=1S/C44H77O14.CO2.Na/c1-21-26(6)43(48-15-32(21)14-45)58-38-31(11)37(56-42-29(9)24(4)35(18-51-42)55-40-28(8)22(2)33(46-12)16-50-40)20-53-44(38)57-36-19-52-41(30(10)25(36)5)54-34-17-49-39(47-13)27(7)23(34)3;2-1-3;/h15,21-45H,14,16-20H2,1-13H3;;/q-1;;+1. The second kappa shape index (κ2) is 25.3. The summed E-state index contributed by atoms with van der Waals surface area (Å²) < 4.78 is 82.4. The number of aliphatic hydroxyl groups excluding tert-OH is 1. The van der Waals surface area contributed by atoms with Crippen LogP contribution in [0.5, 0.6) is 0 Å². The van der Waals surface area contributed by atoms with Crippen molar-refractivity contribution in [2.75, 3.05) is 53.9 Å². The van der Waals surface area contributed by atoms with Crippen LogP contribution in [0.4, 0.5) is 0 Å². The first-order valence-corrected chi connectivity index (χ1v) is 22.6. The second-order valence-corrected chi connectivity index (χ2v) is 18.8. The van der Waals surface area contributed by atoms with E-state index in [-0.39, 0.29) is 151 Å². The van der Waals surface area contributed by atoms with E-state index in [1.807, 2.05) is 0 Å². The van der Waals surface area contributed by atoms with Gasteiger partial charge in [-0.1, -0.05) is 82.1 Å². The molecule has 1 N–H and O–H groups in total. The molecular formula is C45H77NaO16. The van der Waals surface area contributed by atoms with Crippen molar-refractivity contribution in [2.45, 2.75) is 151 Å². The molecule has 0 aliphatic carbocycles. The molecule has 354 valence electrons. The van der Waals surface area contributed by atoms with Crippen LogP contribution in [0.3, 0.4) is 0 Å². The largest absolute Gasteiger partial charge is 1.00 e. The Bertz CT molecular complexity index is 1340. The van der Waals surface area contributed by atoms with E-state index >= 15 is 0 Å². The van der Waals surface area contributed by atoms with Crippen LogP contribution in [0.15, 0.2) is 0 Å². The quantitative estimate of drug-likeness (QED) is 0.210. The molecule has 6 aliphatic heterocycles. The Morgan fingerprint density at radius 2 is 0.790 bits per heavy atom. The summed E-state index contributed by atoms with van der Waals surface area (Å²) in [5.74, 6) is 1.23. The van der Waals surface area contributed by atoms with E-state index < -0.39 is 31.3 Å². The van der Waals surface area contributed by atoms with Crippen LogP contribution in [0, 0.1) is 77.6 Å². The number of methoxy groups -OCH3 is 2. The van der Waals surface area contributed by atoms with Crippen molar-refractivity contribution >= 4 is 6.15 Å². The normalized spacial score (nSPS) is 48.8. The minimum Gasteiger partial charge on any atom is -0.529 e. The van der Waals surface area contributed by atoms with Gasteiger partial charge in [0.1, 0.15) is 12.4 Å². The van der Waals surface area contributed by atoms with Crippen molar-refractivity contribution in [3.63, 3.8) is 0 Å². The summed E-state index contributed by atoms with van der Waals surface area (Å²) in [5, 5.41) is 9.95. The minimum atomic E-state index is -0.699. The van der Waals surface area contributed by atoms with Crippen molar-refractivity contribution in [1.82, 2.24) is 0 Å². The van der Waals surface area contributed by atoms with E-state index in [0.29, 0.717) is 39.0 Å². The molecule has 0 saturated carbocycles. The zero-order valence-corrected chi connectivity index (χ0v) is 41.7. The van der Waals surface area contributed by atoms with Gasteiger partial charge in [0.2, 0.25) is 0 Å². The smallest absolute Gasteiger partial charge is 0.529 e. The van der Waals surface area contributed by atoms with Gasteiger partial charge in [-0.3, -0.25) is 0 Å². The fourth-order valence-corrected chi connectivity index (χ4v) is 9.50. The van der Waals surface area contributed by atoms with Crippen molar-refractivity contribution in [2.24, 2.45) is 71.0 Å². The van der Waals surface area contributed by atoms with Gasteiger partial charge in [-0.2, -0.15) is 9.59 Å². The molecule has 17 heteroatoms. The van der Waals surface area contributed by atoms with Gasteiger partial charge in [0.25, 0.3) is 0 Å². The van der Waals surface area contributed by atoms with E-state index in [2.05, 4.69) is 76.2 Å². The van der Waals surface area contributed by atoms with Gasteiger partial charge in [-0.15, -0.1) is 5.92 Å². The topological polar surface area (TPSA) is 174 Å². The molecule has 6 saturated heterocycles. The van der Waals surface area contributed by atoms with Crippen LogP contribution in [0.25, 0.3) is 0 Å². The third-order valence-corrected chi connectivity index (χ3v) is 15.5. The molecule has 0 aromatic rings. The molecule has 6 aliphatic rings. The first-order chi connectivity index (χ1) is 29.1. The molecule has 6 fully saturated rings. The zero-order chi connectivity index (χ0) is 44.7. The Morgan fingerprint density at radius 1 is 0.452 bits per heavy atom. The SMILES string of the molecule is COC1COC(OC2COC(OC3COC(OC4COC(OC5COC(OC)C(C)C5C)C(C)C4C)C(OC4O[CH-]C(CO)C(C)C4C)C3C)C(C)C2C)C(C)C1C.O=C=O.[Na+]. The van der Waals surface area contributed by atoms with E-state index in [1.165, 1.54) is 0 Å². The summed E-state index contributed by atoms with van der Waals surface area (Å²) in [4.78, 5) is 16.2. The van der Waals surface area contributed by atoms with Crippen molar-refractivity contribution in [1.29, 1.82) is 0 Å². The summed E-state index contributed by atoms with van der Waals surface area (Å²) in [7, 11) is 3.42. The summed E-state index contributed by atoms with van der Waals surface area (Å²) in [6, 6.07) is 0. The zero-order valence-electron chi connectivity index (χ0n) is 39.7. The maximum atomic E-state index is 9.95. The fourth-order valence-electron chi connectivity index (χ4n) is 9.50. The van der Waals surface area contributed by atoms with Gasteiger partial charge in [0, 0.05) is 56.3 Å². The molecule has 62 heavy (non-hydrogen) atoms. The minimum absolute atomic E-state index is 0. The van der Waals surface area contributed by atoms with E-state index in [4.69, 9.17) is 71.2 Å². The van der Waals surface area contributed by atoms with Crippen LogP contribution >= 0.6 is 0 Å². The molecule has 0 bridgehead atoms. The number of rotatable bonds is 13. The first kappa shape index (κ1) is 54.4. The maximum absolute atomic E-state index is 9.95. The Hall–Kier alpha value is -0.180. The van der Waals surface area contributed by atoms with Crippen LogP contribution in [-0.4, -0.2) is 139 Å². The van der Waals surface area contributed by atoms with Gasteiger partial charge < -0.3 is 66.7 Å². The number of hydrogen-bond acceptors (Lipinski definition) is 16. The molecule has 6 heterocycles. The maximum Gasteiger partial charge on any atom is 1.00 e. The van der Waals surface area contributed by atoms with E-state index in [9.17, 15) is 5.11 Å². The van der Waals surface area contributed by atoms with E-state index in [0.717, 1.165) is 0 Å². The molecule has 0 spiro atoms. The predicted molar refractivity (Wildman–Crippen MR) is 216 cm³/mol. The van der Waals surface area contributed by atoms with E-state index in [1.54, 1.807) is 20.8 Å². The molecule has 0 aromatic heterocycles. The van der Waals surface area contributed by atoms with Crippen LogP contribution < -0.4 is 29.6 Å².